The third-order valence-corrected chi connectivity index (χ3v) is 5.02. The van der Waals surface area contributed by atoms with Crippen molar-refractivity contribution in [1.29, 1.82) is 0 Å². The smallest absolute Gasteiger partial charge is 0.128 e. The van der Waals surface area contributed by atoms with E-state index in [0.717, 1.165) is 17.3 Å². The van der Waals surface area contributed by atoms with Gasteiger partial charge in [-0.25, -0.2) is 0 Å². The van der Waals surface area contributed by atoms with Gasteiger partial charge in [-0.2, -0.15) is 0 Å². The normalized spacial score (nSPS) is 10.6. The van der Waals surface area contributed by atoms with Crippen LogP contribution in [0.1, 0.15) is 18.9 Å². The monoisotopic (exact) mass is 304 g/mol. The number of aryl methyl sites for hydroxylation is 1. The van der Waals surface area contributed by atoms with Crippen molar-refractivity contribution in [3.8, 4) is 11.5 Å². The maximum absolute atomic E-state index is 5.93. The molecule has 0 spiro atoms. The zero-order valence-corrected chi connectivity index (χ0v) is 13.8. The van der Waals surface area contributed by atoms with Crippen molar-refractivity contribution in [1.82, 2.24) is 0 Å². The van der Waals surface area contributed by atoms with Crippen LogP contribution in [0.5, 0.6) is 11.5 Å². The van der Waals surface area contributed by atoms with Crippen LogP contribution >= 0.6 is 23.5 Å². The minimum atomic E-state index is 0.887. The van der Waals surface area contributed by atoms with E-state index in [1.54, 1.807) is 11.8 Å². The SMILES string of the molecule is CCCSc1cc(Oc2ccc(SC)cc2)ccc1C. The van der Waals surface area contributed by atoms with Crippen LogP contribution < -0.4 is 4.74 Å². The molecule has 2 rings (SSSR count). The predicted octanol–water partition coefficient (Wildman–Crippen LogP) is 6.01. The molecule has 0 aromatic heterocycles. The Kier molecular flexibility index (Phi) is 5.86. The topological polar surface area (TPSA) is 9.23 Å². The second-order valence-electron chi connectivity index (χ2n) is 4.55. The lowest BCUT2D eigenvalue weighted by molar-refractivity contribution is 0.480. The van der Waals surface area contributed by atoms with Gasteiger partial charge in [0.2, 0.25) is 0 Å². The van der Waals surface area contributed by atoms with Gasteiger partial charge in [0, 0.05) is 9.79 Å². The first-order valence-corrected chi connectivity index (χ1v) is 8.99. The van der Waals surface area contributed by atoms with E-state index in [1.165, 1.54) is 21.8 Å². The Morgan fingerprint density at radius 2 is 1.70 bits per heavy atom. The Balaban J connectivity index is 2.11. The van der Waals surface area contributed by atoms with Gasteiger partial charge in [0.15, 0.2) is 0 Å². The molecule has 0 aliphatic heterocycles. The van der Waals surface area contributed by atoms with Gasteiger partial charge in [-0.15, -0.1) is 23.5 Å². The van der Waals surface area contributed by atoms with Crippen LogP contribution in [0, 0.1) is 6.92 Å². The van der Waals surface area contributed by atoms with Crippen LogP contribution in [0.4, 0.5) is 0 Å². The quantitative estimate of drug-likeness (QED) is 0.605. The Morgan fingerprint density at radius 3 is 2.35 bits per heavy atom. The molecular formula is C17H20OS2. The summed E-state index contributed by atoms with van der Waals surface area (Å²) < 4.78 is 5.93. The minimum Gasteiger partial charge on any atom is -0.457 e. The number of hydrogen-bond acceptors (Lipinski definition) is 3. The van der Waals surface area contributed by atoms with Gasteiger partial charge < -0.3 is 4.74 Å². The fourth-order valence-corrected chi connectivity index (χ4v) is 3.12. The van der Waals surface area contributed by atoms with E-state index in [4.69, 9.17) is 4.74 Å². The lowest BCUT2D eigenvalue weighted by Crippen LogP contribution is -1.87. The summed E-state index contributed by atoms with van der Waals surface area (Å²) in [4.78, 5) is 2.56. The molecule has 106 valence electrons. The van der Waals surface area contributed by atoms with E-state index in [0.29, 0.717) is 0 Å². The third kappa shape index (κ3) is 4.22. The van der Waals surface area contributed by atoms with Crippen LogP contribution in [0.2, 0.25) is 0 Å². The van der Waals surface area contributed by atoms with Gasteiger partial charge in [0.1, 0.15) is 11.5 Å². The Morgan fingerprint density at radius 1 is 1.00 bits per heavy atom. The largest absolute Gasteiger partial charge is 0.457 e. The summed E-state index contributed by atoms with van der Waals surface area (Å²) in [6, 6.07) is 14.5. The van der Waals surface area contributed by atoms with Crippen molar-refractivity contribution in [3.05, 3.63) is 48.0 Å². The summed E-state index contributed by atoms with van der Waals surface area (Å²) >= 11 is 3.63. The van der Waals surface area contributed by atoms with E-state index >= 15 is 0 Å². The third-order valence-electron chi connectivity index (χ3n) is 2.92. The molecule has 0 fully saturated rings. The molecule has 3 heteroatoms. The van der Waals surface area contributed by atoms with Crippen molar-refractivity contribution < 1.29 is 4.74 Å². The van der Waals surface area contributed by atoms with Crippen LogP contribution in [-0.2, 0) is 0 Å². The zero-order chi connectivity index (χ0) is 14.4. The van der Waals surface area contributed by atoms with Crippen molar-refractivity contribution >= 4 is 23.5 Å². The van der Waals surface area contributed by atoms with Gasteiger partial charge in [0.05, 0.1) is 0 Å². The van der Waals surface area contributed by atoms with Crippen molar-refractivity contribution in [3.63, 3.8) is 0 Å². The van der Waals surface area contributed by atoms with Gasteiger partial charge in [-0.3, -0.25) is 0 Å². The summed E-state index contributed by atoms with van der Waals surface area (Å²) in [6.07, 6.45) is 3.26. The number of benzene rings is 2. The van der Waals surface area contributed by atoms with Crippen molar-refractivity contribution in [2.75, 3.05) is 12.0 Å². The van der Waals surface area contributed by atoms with Gasteiger partial charge in [0.25, 0.3) is 0 Å². The molecule has 0 saturated heterocycles. The van der Waals surface area contributed by atoms with Crippen LogP contribution in [0.3, 0.4) is 0 Å². The fraction of sp³-hybridized carbons (Fsp3) is 0.294. The van der Waals surface area contributed by atoms with E-state index < -0.39 is 0 Å². The molecule has 0 amide bonds. The molecule has 0 heterocycles. The van der Waals surface area contributed by atoms with Gasteiger partial charge >= 0.3 is 0 Å². The average Bonchev–Trinajstić information content (AvgIpc) is 2.48. The first-order chi connectivity index (χ1) is 9.72. The Bertz CT molecular complexity index is 549. The first-order valence-electron chi connectivity index (χ1n) is 6.78. The molecule has 0 aliphatic rings. The maximum Gasteiger partial charge on any atom is 0.128 e. The average molecular weight is 304 g/mol. The molecule has 0 radical (unpaired) electrons. The first kappa shape index (κ1) is 15.3. The van der Waals surface area contributed by atoms with Gasteiger partial charge in [-0.1, -0.05) is 13.0 Å². The van der Waals surface area contributed by atoms with Gasteiger partial charge in [-0.05, 0) is 67.3 Å². The highest BCUT2D eigenvalue weighted by molar-refractivity contribution is 7.99. The Hall–Kier alpha value is -1.06. The molecule has 0 unspecified atom stereocenters. The summed E-state index contributed by atoms with van der Waals surface area (Å²) in [6.45, 7) is 4.35. The zero-order valence-electron chi connectivity index (χ0n) is 12.2. The number of rotatable bonds is 6. The van der Waals surface area contributed by atoms with E-state index in [2.05, 4.69) is 44.4 Å². The van der Waals surface area contributed by atoms with Crippen LogP contribution in [0.15, 0.2) is 52.3 Å². The van der Waals surface area contributed by atoms with Crippen LogP contribution in [0.25, 0.3) is 0 Å². The van der Waals surface area contributed by atoms with Crippen molar-refractivity contribution in [2.24, 2.45) is 0 Å². The summed E-state index contributed by atoms with van der Waals surface area (Å²) in [5.74, 6) is 2.94. The van der Waals surface area contributed by atoms with E-state index in [-0.39, 0.29) is 0 Å². The molecule has 0 N–H and O–H groups in total. The lowest BCUT2D eigenvalue weighted by Gasteiger charge is -2.10. The molecule has 2 aromatic rings. The molecule has 2 aromatic carbocycles. The Labute approximate surface area is 130 Å². The molecule has 1 nitrogen and oxygen atoms in total. The van der Waals surface area contributed by atoms with E-state index in [9.17, 15) is 0 Å². The summed E-state index contributed by atoms with van der Waals surface area (Å²) in [5, 5.41) is 0. The highest BCUT2D eigenvalue weighted by Gasteiger charge is 2.03. The van der Waals surface area contributed by atoms with Crippen LogP contribution in [-0.4, -0.2) is 12.0 Å². The summed E-state index contributed by atoms with van der Waals surface area (Å²) in [5.41, 5.74) is 1.31. The summed E-state index contributed by atoms with van der Waals surface area (Å²) in [7, 11) is 0. The molecular weight excluding hydrogens is 284 g/mol. The molecule has 0 saturated carbocycles. The maximum atomic E-state index is 5.93. The number of hydrogen-bond donors (Lipinski definition) is 0. The molecule has 0 aliphatic carbocycles. The number of thioether (sulfide) groups is 2. The lowest BCUT2D eigenvalue weighted by atomic mass is 10.2. The predicted molar refractivity (Wildman–Crippen MR) is 90.5 cm³/mol. The van der Waals surface area contributed by atoms with E-state index in [1.807, 2.05) is 30.0 Å². The fourth-order valence-electron chi connectivity index (χ4n) is 1.79. The second kappa shape index (κ2) is 7.65. The minimum absolute atomic E-state index is 0.887. The highest BCUT2D eigenvalue weighted by Crippen LogP contribution is 2.30. The second-order valence-corrected chi connectivity index (χ2v) is 6.57. The highest BCUT2D eigenvalue weighted by atomic mass is 32.2. The molecule has 0 bridgehead atoms. The number of ether oxygens (including phenoxy) is 1. The van der Waals surface area contributed by atoms with Crippen molar-refractivity contribution in [2.45, 2.75) is 30.1 Å². The molecule has 20 heavy (non-hydrogen) atoms. The molecule has 0 atom stereocenters. The standard InChI is InChI=1S/C17H20OS2/c1-4-11-20-17-12-15(6-5-13(17)2)18-14-7-9-16(19-3)10-8-14/h5-10,12H,4,11H2,1-3H3.